The smallest absolute Gasteiger partial charge is 0.326 e. The first kappa shape index (κ1) is 48.0. The third-order valence-corrected chi connectivity index (χ3v) is 8.51. The Balaban J connectivity index is 6.06. The minimum absolute atomic E-state index is 0.0525. The van der Waals surface area contributed by atoms with Crippen LogP contribution in [0.15, 0.2) is 0 Å². The molecule has 0 aliphatic rings. The van der Waals surface area contributed by atoms with E-state index < -0.39 is 115 Å². The van der Waals surface area contributed by atoms with Crippen molar-refractivity contribution in [1.82, 2.24) is 31.9 Å². The summed E-state index contributed by atoms with van der Waals surface area (Å²) in [7, 11) is 0. The number of nitrogens with two attached hydrogens (primary N) is 2. The molecule has 0 spiro atoms. The zero-order valence-corrected chi connectivity index (χ0v) is 31.5. The van der Waals surface area contributed by atoms with Gasteiger partial charge in [-0.15, -0.1) is 0 Å². The van der Waals surface area contributed by atoms with E-state index in [1.165, 1.54) is 18.7 Å². The number of thioether (sulfide) groups is 1. The van der Waals surface area contributed by atoms with Crippen LogP contribution in [0.2, 0.25) is 0 Å². The fourth-order valence-corrected chi connectivity index (χ4v) is 5.13. The van der Waals surface area contributed by atoms with Gasteiger partial charge in [-0.25, -0.2) is 4.79 Å². The topological polar surface area (TPSA) is 321 Å². The fourth-order valence-electron chi connectivity index (χ4n) is 4.66. The Hall–Kier alpha value is -4.01. The van der Waals surface area contributed by atoms with Crippen LogP contribution in [-0.2, 0) is 38.4 Å². The minimum atomic E-state index is -1.48. The Bertz CT molecular complexity index is 1220. The van der Waals surface area contributed by atoms with Gasteiger partial charge in [-0.2, -0.15) is 11.8 Å². The molecule has 20 heteroatoms. The predicted octanol–water partition coefficient (Wildman–Crippen LogP) is -2.62. The first-order valence-electron chi connectivity index (χ1n) is 17.1. The lowest BCUT2D eigenvalue weighted by molar-refractivity contribution is -0.144. The number of hydrogen-bond acceptors (Lipinski definition) is 12. The van der Waals surface area contributed by atoms with Crippen LogP contribution in [0.25, 0.3) is 0 Å². The number of amides is 6. The molecule has 0 aliphatic heterocycles. The number of carbonyl (C=O) groups excluding carboxylic acids is 6. The largest absolute Gasteiger partial charge is 0.481 e. The van der Waals surface area contributed by atoms with E-state index in [0.29, 0.717) is 18.6 Å². The van der Waals surface area contributed by atoms with Gasteiger partial charge in [0.25, 0.3) is 0 Å². The van der Waals surface area contributed by atoms with Gasteiger partial charge >= 0.3 is 11.9 Å². The second-order valence-electron chi connectivity index (χ2n) is 13.0. The van der Waals surface area contributed by atoms with Crippen molar-refractivity contribution in [2.45, 2.75) is 115 Å². The summed E-state index contributed by atoms with van der Waals surface area (Å²) in [6.07, 6.45) is 1.94. The number of aliphatic hydroxyl groups excluding tert-OH is 1. The standard InChI is InChI=1S/C32H58N8O11S/c1-16(2)24(31(49)40-25(17(3)4)32(50)51)39-30(48)21(10-11-23(42)43)38-29(47)20(9-7-8-13-33)36-26(44)18(5)35-28(46)22(12-14-52-6)37-27(45)19(34)15-41/h16-22,24-25,41H,7-15,33-34H2,1-6H3,(H,35,46)(H,36,44)(H,37,45)(H,38,47)(H,39,48)(H,40,49)(H,42,43)(H,50,51)/t18-,19-,20-,21-,22-,24-,25-/m0/s1. The molecule has 0 fully saturated rings. The molecule has 13 N–H and O–H groups in total. The Kier molecular flexibility index (Phi) is 23.1. The molecule has 0 aromatic rings. The molecule has 0 saturated carbocycles. The van der Waals surface area contributed by atoms with Crippen molar-refractivity contribution in [3.8, 4) is 0 Å². The highest BCUT2D eigenvalue weighted by Crippen LogP contribution is 2.10. The van der Waals surface area contributed by atoms with Gasteiger partial charge in [-0.1, -0.05) is 27.7 Å². The third-order valence-electron chi connectivity index (χ3n) is 7.87. The maximum Gasteiger partial charge on any atom is 0.326 e. The van der Waals surface area contributed by atoms with E-state index in [0.717, 1.165) is 0 Å². The summed E-state index contributed by atoms with van der Waals surface area (Å²) in [5.41, 5.74) is 11.2. The van der Waals surface area contributed by atoms with Crippen molar-refractivity contribution < 1.29 is 53.7 Å². The molecule has 0 heterocycles. The van der Waals surface area contributed by atoms with E-state index in [2.05, 4.69) is 31.9 Å². The quantitative estimate of drug-likeness (QED) is 0.0402. The Morgan fingerprint density at radius 1 is 0.615 bits per heavy atom. The second-order valence-corrected chi connectivity index (χ2v) is 14.0. The lowest BCUT2D eigenvalue weighted by atomic mass is 9.99. The monoisotopic (exact) mass is 762 g/mol. The zero-order valence-electron chi connectivity index (χ0n) is 30.7. The van der Waals surface area contributed by atoms with Crippen molar-refractivity contribution in [3.05, 3.63) is 0 Å². The number of hydrogen-bond donors (Lipinski definition) is 11. The summed E-state index contributed by atoms with van der Waals surface area (Å²) in [5.74, 6) is -7.91. The van der Waals surface area contributed by atoms with Gasteiger partial charge in [-0.3, -0.25) is 33.6 Å². The number of rotatable bonds is 26. The van der Waals surface area contributed by atoms with E-state index in [1.54, 1.807) is 34.0 Å². The molecule has 0 saturated heterocycles. The summed E-state index contributed by atoms with van der Waals surface area (Å²) < 4.78 is 0. The molecule has 0 aromatic carbocycles. The van der Waals surface area contributed by atoms with Gasteiger partial charge in [0.2, 0.25) is 35.4 Å². The molecule has 19 nitrogen and oxygen atoms in total. The second kappa shape index (κ2) is 25.0. The molecule has 0 bridgehead atoms. The average Bonchev–Trinajstić information content (AvgIpc) is 3.07. The SMILES string of the molecule is CSCC[C@H](NC(=O)[C@@H](N)CO)C(=O)N[C@@H](C)C(=O)N[C@@H](CCCCN)C(=O)N[C@@H](CCC(=O)O)C(=O)N[C@H](C(=O)N[C@H](C(=O)O)C(C)C)C(C)C. The first-order valence-corrected chi connectivity index (χ1v) is 18.5. The highest BCUT2D eigenvalue weighted by atomic mass is 32.2. The molecule has 7 atom stereocenters. The lowest BCUT2D eigenvalue weighted by Gasteiger charge is -2.28. The van der Waals surface area contributed by atoms with Crippen LogP contribution in [0.1, 0.15) is 73.1 Å². The average molecular weight is 763 g/mol. The van der Waals surface area contributed by atoms with Crippen LogP contribution in [0, 0.1) is 11.8 Å². The predicted molar refractivity (Wildman–Crippen MR) is 192 cm³/mol. The summed E-state index contributed by atoms with van der Waals surface area (Å²) in [4.78, 5) is 102. The van der Waals surface area contributed by atoms with Crippen LogP contribution < -0.4 is 43.4 Å². The van der Waals surface area contributed by atoms with E-state index in [4.69, 9.17) is 11.5 Å². The molecule has 52 heavy (non-hydrogen) atoms. The van der Waals surface area contributed by atoms with E-state index in [9.17, 15) is 53.7 Å². The summed E-state index contributed by atoms with van der Waals surface area (Å²) in [6, 6.07) is -8.79. The fraction of sp³-hybridized carbons (Fsp3) is 0.750. The maximum absolute atomic E-state index is 13.6. The van der Waals surface area contributed by atoms with Crippen molar-refractivity contribution >= 4 is 59.1 Å². The lowest BCUT2D eigenvalue weighted by Crippen LogP contribution is -2.60. The van der Waals surface area contributed by atoms with Gasteiger partial charge in [0, 0.05) is 6.42 Å². The summed E-state index contributed by atoms with van der Waals surface area (Å²) in [6.45, 7) is 7.38. The van der Waals surface area contributed by atoms with Gasteiger partial charge < -0.3 is 58.7 Å². The molecule has 0 rings (SSSR count). The molecule has 0 aromatic heterocycles. The normalized spacial score (nSPS) is 15.2. The van der Waals surface area contributed by atoms with Crippen molar-refractivity contribution in [3.63, 3.8) is 0 Å². The highest BCUT2D eigenvalue weighted by molar-refractivity contribution is 7.98. The Labute approximate surface area is 308 Å². The van der Waals surface area contributed by atoms with Crippen molar-refractivity contribution in [1.29, 1.82) is 0 Å². The molecule has 6 amide bonds. The molecule has 0 unspecified atom stereocenters. The van der Waals surface area contributed by atoms with Crippen molar-refractivity contribution in [2.75, 3.05) is 25.2 Å². The Morgan fingerprint density at radius 3 is 1.60 bits per heavy atom. The number of carboxylic acids is 2. The van der Waals surface area contributed by atoms with Gasteiger partial charge in [-0.05, 0) is 69.4 Å². The molecule has 298 valence electrons. The zero-order chi connectivity index (χ0) is 40.1. The minimum Gasteiger partial charge on any atom is -0.481 e. The van der Waals surface area contributed by atoms with E-state index >= 15 is 0 Å². The van der Waals surface area contributed by atoms with Crippen LogP contribution in [0.4, 0.5) is 0 Å². The number of unbranched alkanes of at least 4 members (excludes halogenated alkanes) is 1. The molecular formula is C32H58N8O11S. The van der Waals surface area contributed by atoms with Crippen LogP contribution in [0.5, 0.6) is 0 Å². The van der Waals surface area contributed by atoms with E-state index in [1.807, 2.05) is 0 Å². The van der Waals surface area contributed by atoms with Gasteiger partial charge in [0.05, 0.1) is 6.61 Å². The molecule has 0 aliphatic carbocycles. The number of aliphatic carboxylic acids is 2. The molecular weight excluding hydrogens is 704 g/mol. The van der Waals surface area contributed by atoms with Crippen LogP contribution in [0.3, 0.4) is 0 Å². The number of carboxylic acid groups (broad SMARTS) is 2. The maximum atomic E-state index is 13.6. The van der Waals surface area contributed by atoms with Gasteiger partial charge in [0.15, 0.2) is 0 Å². The highest BCUT2D eigenvalue weighted by Gasteiger charge is 2.34. The van der Waals surface area contributed by atoms with Crippen LogP contribution >= 0.6 is 11.8 Å². The van der Waals surface area contributed by atoms with Crippen LogP contribution in [-0.4, -0.2) is 130 Å². The summed E-state index contributed by atoms with van der Waals surface area (Å²) >= 11 is 1.41. The molecule has 0 radical (unpaired) electrons. The number of nitrogens with one attached hydrogen (secondary N) is 6. The summed E-state index contributed by atoms with van der Waals surface area (Å²) in [5, 5.41) is 42.8. The van der Waals surface area contributed by atoms with E-state index in [-0.39, 0.29) is 25.8 Å². The number of carbonyl (C=O) groups is 8. The van der Waals surface area contributed by atoms with Gasteiger partial charge in [0.1, 0.15) is 42.3 Å². The number of aliphatic hydroxyl groups is 1. The van der Waals surface area contributed by atoms with Crippen molar-refractivity contribution in [2.24, 2.45) is 23.3 Å². The third kappa shape index (κ3) is 18.0. The first-order chi connectivity index (χ1) is 24.3. The Morgan fingerprint density at radius 2 is 1.10 bits per heavy atom.